The molecule has 0 heterocycles. The highest BCUT2D eigenvalue weighted by Gasteiger charge is 2.29. The van der Waals surface area contributed by atoms with Crippen molar-refractivity contribution in [3.05, 3.63) is 88.4 Å². The Balaban J connectivity index is 1.66. The minimum atomic E-state index is -3.55. The summed E-state index contributed by atoms with van der Waals surface area (Å²) in [7, 11) is -3.55. The van der Waals surface area contributed by atoms with Gasteiger partial charge in [-0.1, -0.05) is 59.6 Å². The van der Waals surface area contributed by atoms with Crippen LogP contribution in [-0.2, 0) is 10.0 Å². The van der Waals surface area contributed by atoms with Crippen LogP contribution in [0.3, 0.4) is 0 Å². The van der Waals surface area contributed by atoms with Crippen LogP contribution in [0.5, 0.6) is 0 Å². The van der Waals surface area contributed by atoms with E-state index in [9.17, 15) is 8.42 Å². The van der Waals surface area contributed by atoms with Crippen LogP contribution in [0.1, 0.15) is 22.6 Å². The van der Waals surface area contributed by atoms with Crippen molar-refractivity contribution in [1.29, 1.82) is 0 Å². The van der Waals surface area contributed by atoms with E-state index in [0.717, 1.165) is 27.8 Å². The molecule has 0 amide bonds. The summed E-state index contributed by atoms with van der Waals surface area (Å²) in [4.78, 5) is 0.283. The summed E-state index contributed by atoms with van der Waals surface area (Å²) < 4.78 is 28.1. The van der Waals surface area contributed by atoms with E-state index in [1.807, 2.05) is 43.3 Å². The summed E-state index contributed by atoms with van der Waals surface area (Å²) in [6.45, 7) is 2.24. The molecule has 3 nitrogen and oxygen atoms in total. The predicted octanol–water partition coefficient (Wildman–Crippen LogP) is 4.74. The van der Waals surface area contributed by atoms with Crippen molar-refractivity contribution in [1.82, 2.24) is 4.72 Å². The van der Waals surface area contributed by atoms with E-state index in [2.05, 4.69) is 10.8 Å². The molecule has 1 aliphatic carbocycles. The zero-order valence-corrected chi connectivity index (χ0v) is 15.8. The molecule has 0 saturated carbocycles. The lowest BCUT2D eigenvalue weighted by molar-refractivity contribution is 0.578. The van der Waals surface area contributed by atoms with Gasteiger partial charge in [0.2, 0.25) is 10.0 Å². The van der Waals surface area contributed by atoms with Gasteiger partial charge in [-0.15, -0.1) is 0 Å². The Kier molecular flexibility index (Phi) is 4.35. The fourth-order valence-electron chi connectivity index (χ4n) is 3.49. The number of nitrogens with one attached hydrogen (secondary N) is 1. The number of sulfonamides is 1. The van der Waals surface area contributed by atoms with Gasteiger partial charge in [-0.25, -0.2) is 13.1 Å². The van der Waals surface area contributed by atoms with Crippen LogP contribution in [0, 0.1) is 6.92 Å². The van der Waals surface area contributed by atoms with Crippen molar-refractivity contribution in [3.8, 4) is 11.1 Å². The molecule has 0 saturated heterocycles. The van der Waals surface area contributed by atoms with Gasteiger partial charge in [0.25, 0.3) is 0 Å². The summed E-state index contributed by atoms with van der Waals surface area (Å²) in [6.07, 6.45) is 0. The molecule has 1 atom stereocenters. The minimum absolute atomic E-state index is 0.0290. The Morgan fingerprint density at radius 3 is 2.38 bits per heavy atom. The summed E-state index contributed by atoms with van der Waals surface area (Å²) in [6, 6.07) is 20.7. The van der Waals surface area contributed by atoms with Crippen molar-refractivity contribution >= 4 is 21.6 Å². The summed E-state index contributed by atoms with van der Waals surface area (Å²) in [5.41, 5.74) is 5.44. The summed E-state index contributed by atoms with van der Waals surface area (Å²) in [5, 5.41) is 0.680. The Labute approximate surface area is 158 Å². The molecule has 3 aromatic rings. The second-order valence-corrected chi connectivity index (χ2v) is 8.74. The molecule has 0 spiro atoms. The first kappa shape index (κ1) is 17.3. The average molecular weight is 384 g/mol. The first-order valence-electron chi connectivity index (χ1n) is 8.41. The number of hydrogen-bond donors (Lipinski definition) is 1. The molecule has 0 aliphatic heterocycles. The van der Waals surface area contributed by atoms with Crippen molar-refractivity contribution in [2.24, 2.45) is 0 Å². The summed E-state index contributed by atoms with van der Waals surface area (Å²) in [5.74, 6) is -0.0290. The van der Waals surface area contributed by atoms with E-state index in [-0.39, 0.29) is 10.8 Å². The second kappa shape index (κ2) is 6.54. The van der Waals surface area contributed by atoms with Gasteiger partial charge in [0.15, 0.2) is 0 Å². The maximum absolute atomic E-state index is 12.6. The molecule has 1 N–H and O–H groups in total. The Morgan fingerprint density at radius 2 is 1.62 bits per heavy atom. The lowest BCUT2D eigenvalue weighted by atomic mass is 9.97. The van der Waals surface area contributed by atoms with Gasteiger partial charge in [-0.2, -0.15) is 0 Å². The third-order valence-electron chi connectivity index (χ3n) is 4.83. The van der Waals surface area contributed by atoms with E-state index >= 15 is 0 Å². The van der Waals surface area contributed by atoms with Crippen molar-refractivity contribution in [2.45, 2.75) is 17.7 Å². The fraction of sp³-hybridized carbons (Fsp3) is 0.143. The van der Waals surface area contributed by atoms with Crippen LogP contribution in [0.25, 0.3) is 11.1 Å². The Hall–Kier alpha value is -2.14. The standard InChI is InChI=1S/C21H18ClNO2S/c1-14-6-9-16(10-7-14)26(24,25)23-13-21-18-5-3-2-4-17(18)20-12-15(22)8-11-19(20)21/h2-12,21,23H,13H2,1H3. The van der Waals surface area contributed by atoms with E-state index in [1.54, 1.807) is 24.3 Å². The highest BCUT2D eigenvalue weighted by Crippen LogP contribution is 2.45. The number of rotatable bonds is 4. The second-order valence-electron chi connectivity index (χ2n) is 6.54. The fourth-order valence-corrected chi connectivity index (χ4v) is 4.71. The third kappa shape index (κ3) is 3.05. The van der Waals surface area contributed by atoms with Crippen LogP contribution in [0.2, 0.25) is 5.02 Å². The molecule has 0 radical (unpaired) electrons. The molecule has 0 bridgehead atoms. The number of fused-ring (bicyclic) bond motifs is 3. The third-order valence-corrected chi connectivity index (χ3v) is 6.50. The molecule has 4 rings (SSSR count). The summed E-state index contributed by atoms with van der Waals surface area (Å²) >= 11 is 6.17. The van der Waals surface area contributed by atoms with Crippen LogP contribution in [-0.4, -0.2) is 15.0 Å². The van der Waals surface area contributed by atoms with Gasteiger partial charge in [0.05, 0.1) is 4.90 Å². The maximum Gasteiger partial charge on any atom is 0.240 e. The molecule has 3 aromatic carbocycles. The molecule has 5 heteroatoms. The van der Waals surface area contributed by atoms with Gasteiger partial charge in [0.1, 0.15) is 0 Å². The zero-order valence-electron chi connectivity index (χ0n) is 14.2. The normalized spacial score (nSPS) is 15.5. The molecule has 1 aliphatic rings. The van der Waals surface area contributed by atoms with Crippen molar-refractivity contribution < 1.29 is 8.42 Å². The van der Waals surface area contributed by atoms with E-state index in [0.29, 0.717) is 11.6 Å². The number of aryl methyl sites for hydroxylation is 1. The lowest BCUT2D eigenvalue weighted by Crippen LogP contribution is -2.28. The monoisotopic (exact) mass is 383 g/mol. The average Bonchev–Trinajstić information content (AvgIpc) is 2.94. The predicted molar refractivity (Wildman–Crippen MR) is 105 cm³/mol. The van der Waals surface area contributed by atoms with Gasteiger partial charge in [-0.05, 0) is 53.4 Å². The Bertz CT molecular complexity index is 1080. The van der Waals surface area contributed by atoms with E-state index in [4.69, 9.17) is 11.6 Å². The SMILES string of the molecule is Cc1ccc(S(=O)(=O)NCC2c3ccccc3-c3cc(Cl)ccc32)cc1. The highest BCUT2D eigenvalue weighted by molar-refractivity contribution is 7.89. The van der Waals surface area contributed by atoms with Gasteiger partial charge < -0.3 is 0 Å². The molecule has 26 heavy (non-hydrogen) atoms. The highest BCUT2D eigenvalue weighted by atomic mass is 35.5. The van der Waals surface area contributed by atoms with Crippen LogP contribution in [0.4, 0.5) is 0 Å². The smallest absolute Gasteiger partial charge is 0.210 e. The Morgan fingerprint density at radius 1 is 0.923 bits per heavy atom. The molecule has 0 aromatic heterocycles. The van der Waals surface area contributed by atoms with Crippen LogP contribution < -0.4 is 4.72 Å². The zero-order chi connectivity index (χ0) is 18.3. The van der Waals surface area contributed by atoms with Gasteiger partial charge >= 0.3 is 0 Å². The minimum Gasteiger partial charge on any atom is -0.210 e. The van der Waals surface area contributed by atoms with Gasteiger partial charge in [-0.3, -0.25) is 0 Å². The van der Waals surface area contributed by atoms with E-state index in [1.165, 1.54) is 0 Å². The van der Waals surface area contributed by atoms with Gasteiger partial charge in [0, 0.05) is 17.5 Å². The van der Waals surface area contributed by atoms with Crippen molar-refractivity contribution in [3.63, 3.8) is 0 Å². The van der Waals surface area contributed by atoms with Crippen molar-refractivity contribution in [2.75, 3.05) is 6.54 Å². The molecule has 0 fully saturated rings. The molecular formula is C21H18ClNO2S. The molecule has 1 unspecified atom stereocenters. The molecular weight excluding hydrogens is 366 g/mol. The largest absolute Gasteiger partial charge is 0.240 e. The quantitative estimate of drug-likeness (QED) is 0.707. The lowest BCUT2D eigenvalue weighted by Gasteiger charge is -2.15. The first-order chi connectivity index (χ1) is 12.5. The van der Waals surface area contributed by atoms with Crippen LogP contribution in [0.15, 0.2) is 71.6 Å². The number of halogens is 1. The van der Waals surface area contributed by atoms with Crippen LogP contribution >= 0.6 is 11.6 Å². The van der Waals surface area contributed by atoms with E-state index < -0.39 is 10.0 Å². The number of hydrogen-bond acceptors (Lipinski definition) is 2. The maximum atomic E-state index is 12.6. The topological polar surface area (TPSA) is 46.2 Å². The first-order valence-corrected chi connectivity index (χ1v) is 10.3. The molecule has 132 valence electrons. The number of benzene rings is 3.